The molecule has 0 spiro atoms. The highest BCUT2D eigenvalue weighted by Crippen LogP contribution is 2.39. The summed E-state index contributed by atoms with van der Waals surface area (Å²) in [6.45, 7) is 3.14. The largest absolute Gasteiger partial charge is 0.469 e. The van der Waals surface area contributed by atoms with Crippen LogP contribution < -0.4 is 0 Å². The second kappa shape index (κ2) is 5.91. The average molecular weight is 236 g/mol. The van der Waals surface area contributed by atoms with Crippen molar-refractivity contribution in [2.24, 2.45) is 5.92 Å². The summed E-state index contributed by atoms with van der Waals surface area (Å²) < 4.78 is 20.5. The summed E-state index contributed by atoms with van der Waals surface area (Å²) in [5, 5.41) is 0. The first-order valence-electron chi connectivity index (χ1n) is 4.48. The van der Waals surface area contributed by atoms with Crippen LogP contribution in [0.25, 0.3) is 0 Å². The van der Waals surface area contributed by atoms with Gasteiger partial charge in [0.15, 0.2) is 0 Å². The Kier molecular flexibility index (Phi) is 5.58. The first kappa shape index (κ1) is 14.2. The molecule has 0 aliphatic rings. The van der Waals surface area contributed by atoms with Gasteiger partial charge >= 0.3 is 11.9 Å². The highest BCUT2D eigenvalue weighted by molar-refractivity contribution is 7.62. The zero-order valence-corrected chi connectivity index (χ0v) is 10.4. The van der Waals surface area contributed by atoms with E-state index in [4.69, 9.17) is 0 Å². The summed E-state index contributed by atoms with van der Waals surface area (Å²) in [6, 6.07) is 0. The molecule has 0 fully saturated rings. The third-order valence-electron chi connectivity index (χ3n) is 1.84. The van der Waals surface area contributed by atoms with E-state index in [1.165, 1.54) is 14.2 Å². The molecule has 0 aromatic rings. The van der Waals surface area contributed by atoms with Crippen molar-refractivity contribution in [1.82, 2.24) is 0 Å². The van der Waals surface area contributed by atoms with Crippen molar-refractivity contribution in [3.05, 3.63) is 0 Å². The maximum absolute atomic E-state index is 11.6. The van der Waals surface area contributed by atoms with Crippen LogP contribution in [-0.2, 0) is 23.6 Å². The van der Waals surface area contributed by atoms with E-state index in [2.05, 4.69) is 9.47 Å². The van der Waals surface area contributed by atoms with Crippen LogP contribution in [0.15, 0.2) is 0 Å². The molecule has 5 nitrogen and oxygen atoms in total. The van der Waals surface area contributed by atoms with Crippen LogP contribution in [0, 0.1) is 5.92 Å². The molecule has 0 aliphatic heterocycles. The quantitative estimate of drug-likeness (QED) is 0.525. The normalized spacial score (nSPS) is 13.1. The zero-order valence-electron chi connectivity index (χ0n) is 9.48. The lowest BCUT2D eigenvalue weighted by atomic mass is 10.1. The summed E-state index contributed by atoms with van der Waals surface area (Å²) in [5.74, 6) is -1.70. The molecule has 15 heavy (non-hydrogen) atoms. The molecule has 0 aromatic heterocycles. The Morgan fingerprint density at radius 3 is 2.07 bits per heavy atom. The van der Waals surface area contributed by atoms with Crippen LogP contribution in [0.3, 0.4) is 0 Å². The second-order valence-electron chi connectivity index (χ2n) is 3.76. The third-order valence-corrected chi connectivity index (χ3v) is 3.16. The van der Waals surface area contributed by atoms with Crippen molar-refractivity contribution < 1.29 is 23.6 Å². The summed E-state index contributed by atoms with van der Waals surface area (Å²) in [7, 11) is 0.119. The smallest absolute Gasteiger partial charge is 0.309 e. The van der Waals surface area contributed by atoms with Gasteiger partial charge in [0.1, 0.15) is 0 Å². The fourth-order valence-electron chi connectivity index (χ4n) is 1.20. The molecule has 0 heterocycles. The SMILES string of the molecule is COC(=O)CC(CP(C)(C)=O)C(=O)OC. The number of carbonyl (C=O) groups is 2. The molecule has 0 aromatic carbocycles. The maximum Gasteiger partial charge on any atom is 0.309 e. The van der Waals surface area contributed by atoms with Gasteiger partial charge in [-0.25, -0.2) is 0 Å². The van der Waals surface area contributed by atoms with Crippen molar-refractivity contribution in [3.8, 4) is 0 Å². The third kappa shape index (κ3) is 6.28. The minimum Gasteiger partial charge on any atom is -0.469 e. The number of hydrogen-bond acceptors (Lipinski definition) is 5. The number of rotatable bonds is 5. The van der Waals surface area contributed by atoms with Gasteiger partial charge < -0.3 is 14.0 Å². The Labute approximate surface area is 89.5 Å². The molecule has 1 atom stereocenters. The molecule has 0 saturated heterocycles. The van der Waals surface area contributed by atoms with Gasteiger partial charge in [-0.1, -0.05) is 0 Å². The molecule has 6 heteroatoms. The Balaban J connectivity index is 4.52. The van der Waals surface area contributed by atoms with Gasteiger partial charge in [-0.15, -0.1) is 0 Å². The van der Waals surface area contributed by atoms with Crippen LogP contribution in [0.2, 0.25) is 0 Å². The Bertz CT molecular complexity index is 280. The average Bonchev–Trinajstić information content (AvgIpc) is 2.13. The molecular weight excluding hydrogens is 219 g/mol. The fourth-order valence-corrected chi connectivity index (χ4v) is 2.54. The molecule has 0 bridgehead atoms. The molecule has 0 radical (unpaired) electrons. The Morgan fingerprint density at radius 2 is 1.73 bits per heavy atom. The van der Waals surface area contributed by atoms with Gasteiger partial charge in [0.05, 0.1) is 33.7 Å². The van der Waals surface area contributed by atoms with Crippen molar-refractivity contribution in [3.63, 3.8) is 0 Å². The van der Waals surface area contributed by atoms with Crippen molar-refractivity contribution in [2.45, 2.75) is 6.42 Å². The van der Waals surface area contributed by atoms with Gasteiger partial charge in [0.2, 0.25) is 0 Å². The van der Waals surface area contributed by atoms with E-state index in [-0.39, 0.29) is 12.6 Å². The van der Waals surface area contributed by atoms with Crippen LogP contribution in [0.1, 0.15) is 6.42 Å². The second-order valence-corrected chi connectivity index (χ2v) is 7.27. The lowest BCUT2D eigenvalue weighted by Crippen LogP contribution is -2.23. The number of hydrogen-bond donors (Lipinski definition) is 0. The Morgan fingerprint density at radius 1 is 1.20 bits per heavy atom. The molecule has 0 N–H and O–H groups in total. The molecule has 88 valence electrons. The maximum atomic E-state index is 11.6. The van der Waals surface area contributed by atoms with E-state index < -0.39 is 25.0 Å². The van der Waals surface area contributed by atoms with E-state index >= 15 is 0 Å². The molecule has 0 aliphatic carbocycles. The molecule has 0 rings (SSSR count). The summed E-state index contributed by atoms with van der Waals surface area (Å²) in [5.41, 5.74) is 0. The van der Waals surface area contributed by atoms with E-state index in [0.29, 0.717) is 0 Å². The zero-order chi connectivity index (χ0) is 12.1. The highest BCUT2D eigenvalue weighted by Gasteiger charge is 2.27. The first-order chi connectivity index (χ1) is 6.80. The summed E-state index contributed by atoms with van der Waals surface area (Å²) in [6.07, 6.45) is 0.0730. The van der Waals surface area contributed by atoms with Crippen LogP contribution in [-0.4, -0.2) is 45.6 Å². The Hall–Kier alpha value is -0.830. The lowest BCUT2D eigenvalue weighted by Gasteiger charge is -2.15. The van der Waals surface area contributed by atoms with Gasteiger partial charge in [-0.05, 0) is 13.3 Å². The van der Waals surface area contributed by atoms with Crippen molar-refractivity contribution in [2.75, 3.05) is 33.7 Å². The van der Waals surface area contributed by atoms with Gasteiger partial charge in [-0.3, -0.25) is 9.59 Å². The van der Waals surface area contributed by atoms with Crippen LogP contribution >= 0.6 is 7.14 Å². The van der Waals surface area contributed by atoms with E-state index in [0.717, 1.165) is 0 Å². The fraction of sp³-hybridized carbons (Fsp3) is 0.778. The molecule has 1 unspecified atom stereocenters. The van der Waals surface area contributed by atoms with Gasteiger partial charge in [0.25, 0.3) is 0 Å². The summed E-state index contributed by atoms with van der Waals surface area (Å²) in [4.78, 5) is 22.3. The number of methoxy groups -OCH3 is 2. The lowest BCUT2D eigenvalue weighted by molar-refractivity contribution is -0.151. The standard InChI is InChI=1S/C9H17O5P/c1-13-8(10)5-7(9(11)14-2)6-15(3,4)12/h7H,5-6H2,1-4H3. The molecular formula is C9H17O5P. The van der Waals surface area contributed by atoms with Gasteiger partial charge in [0, 0.05) is 6.16 Å². The molecule has 0 amide bonds. The topological polar surface area (TPSA) is 69.7 Å². The van der Waals surface area contributed by atoms with Crippen LogP contribution in [0.5, 0.6) is 0 Å². The molecule has 0 saturated carbocycles. The monoisotopic (exact) mass is 236 g/mol. The van der Waals surface area contributed by atoms with E-state index in [1.54, 1.807) is 13.3 Å². The summed E-state index contributed by atoms with van der Waals surface area (Å²) >= 11 is 0. The predicted molar refractivity (Wildman–Crippen MR) is 56.5 cm³/mol. The van der Waals surface area contributed by atoms with Gasteiger partial charge in [-0.2, -0.15) is 0 Å². The van der Waals surface area contributed by atoms with E-state index in [1.807, 2.05) is 0 Å². The van der Waals surface area contributed by atoms with Crippen molar-refractivity contribution >= 4 is 19.1 Å². The minimum atomic E-state index is -2.36. The predicted octanol–water partition coefficient (Wildman–Crippen LogP) is 0.961. The number of ether oxygens (including phenoxy) is 2. The van der Waals surface area contributed by atoms with Crippen molar-refractivity contribution in [1.29, 1.82) is 0 Å². The number of esters is 2. The van der Waals surface area contributed by atoms with E-state index in [9.17, 15) is 14.2 Å². The first-order valence-corrected chi connectivity index (χ1v) is 7.27. The van der Waals surface area contributed by atoms with Crippen LogP contribution in [0.4, 0.5) is 0 Å². The highest BCUT2D eigenvalue weighted by atomic mass is 31.2. The number of carbonyl (C=O) groups excluding carboxylic acids is 2. The minimum absolute atomic E-state index is 0.0884.